The van der Waals surface area contributed by atoms with Gasteiger partial charge in [-0.2, -0.15) is 0 Å². The van der Waals surface area contributed by atoms with Crippen LogP contribution in [0.1, 0.15) is 66.4 Å². The van der Waals surface area contributed by atoms with E-state index in [1.54, 1.807) is 6.33 Å². The SMILES string of the molecule is CCCNc1ncnc(N(CC(C)C)C(C)C)c1C(C)C. The summed E-state index contributed by atoms with van der Waals surface area (Å²) in [6.07, 6.45) is 2.78. The Morgan fingerprint density at radius 1 is 1.10 bits per heavy atom. The van der Waals surface area contributed by atoms with Gasteiger partial charge in [0.2, 0.25) is 0 Å². The van der Waals surface area contributed by atoms with Crippen LogP contribution in [0.2, 0.25) is 0 Å². The molecule has 0 atom stereocenters. The van der Waals surface area contributed by atoms with Crippen LogP contribution in [-0.4, -0.2) is 29.1 Å². The van der Waals surface area contributed by atoms with Crippen LogP contribution >= 0.6 is 0 Å². The lowest BCUT2D eigenvalue weighted by Crippen LogP contribution is -2.36. The summed E-state index contributed by atoms with van der Waals surface area (Å²) in [4.78, 5) is 11.5. The van der Waals surface area contributed by atoms with Crippen molar-refractivity contribution in [2.24, 2.45) is 5.92 Å². The number of nitrogens with zero attached hydrogens (tertiary/aromatic N) is 3. The van der Waals surface area contributed by atoms with Gasteiger partial charge in [-0.25, -0.2) is 9.97 Å². The Kier molecular flexibility index (Phi) is 6.93. The molecule has 4 heteroatoms. The van der Waals surface area contributed by atoms with E-state index in [-0.39, 0.29) is 0 Å². The predicted octanol–water partition coefficient (Wildman–Crippen LogP) is 4.29. The molecule has 0 aliphatic heterocycles. The topological polar surface area (TPSA) is 41.1 Å². The smallest absolute Gasteiger partial charge is 0.137 e. The molecule has 1 heterocycles. The third-order valence-corrected chi connectivity index (χ3v) is 3.44. The van der Waals surface area contributed by atoms with E-state index in [4.69, 9.17) is 0 Å². The maximum absolute atomic E-state index is 4.62. The Bertz CT molecular complexity index is 427. The molecule has 4 nitrogen and oxygen atoms in total. The van der Waals surface area contributed by atoms with Crippen LogP contribution in [-0.2, 0) is 0 Å². The molecular weight excluding hydrogens is 260 g/mol. The molecule has 0 aromatic carbocycles. The van der Waals surface area contributed by atoms with E-state index in [0.29, 0.717) is 17.9 Å². The van der Waals surface area contributed by atoms with E-state index in [1.807, 2.05) is 0 Å². The molecule has 0 bridgehead atoms. The summed E-state index contributed by atoms with van der Waals surface area (Å²) in [6, 6.07) is 0.429. The number of anilines is 2. The lowest BCUT2D eigenvalue weighted by molar-refractivity contribution is 0.562. The molecule has 0 unspecified atom stereocenters. The van der Waals surface area contributed by atoms with Crippen LogP contribution in [0.25, 0.3) is 0 Å². The standard InChI is InChI=1S/C17H32N4/c1-8-9-18-16-15(13(4)5)17(20-11-19-16)21(14(6)7)10-12(2)3/h11-14H,8-10H2,1-7H3,(H,18,19,20). The number of nitrogens with one attached hydrogen (secondary N) is 1. The molecule has 0 spiro atoms. The average Bonchev–Trinajstić information content (AvgIpc) is 2.41. The van der Waals surface area contributed by atoms with E-state index in [2.05, 4.69) is 68.7 Å². The second kappa shape index (κ2) is 8.20. The third-order valence-electron chi connectivity index (χ3n) is 3.44. The minimum absolute atomic E-state index is 0.397. The molecule has 1 aromatic heterocycles. The molecule has 1 rings (SSSR count). The van der Waals surface area contributed by atoms with Gasteiger partial charge in [0.25, 0.3) is 0 Å². The van der Waals surface area contributed by atoms with Crippen molar-refractivity contribution < 1.29 is 0 Å². The minimum Gasteiger partial charge on any atom is -0.370 e. The number of aromatic nitrogens is 2. The minimum atomic E-state index is 0.397. The Balaban J connectivity index is 3.25. The highest BCUT2D eigenvalue weighted by atomic mass is 15.2. The van der Waals surface area contributed by atoms with E-state index in [0.717, 1.165) is 31.1 Å². The zero-order chi connectivity index (χ0) is 16.0. The average molecular weight is 292 g/mol. The van der Waals surface area contributed by atoms with Gasteiger partial charge in [-0.3, -0.25) is 0 Å². The predicted molar refractivity (Wildman–Crippen MR) is 92.2 cm³/mol. The normalized spacial score (nSPS) is 11.5. The Morgan fingerprint density at radius 2 is 1.76 bits per heavy atom. The fourth-order valence-electron chi connectivity index (χ4n) is 2.47. The molecule has 0 aliphatic rings. The highest BCUT2D eigenvalue weighted by Gasteiger charge is 2.22. The van der Waals surface area contributed by atoms with Crippen molar-refractivity contribution in [3.63, 3.8) is 0 Å². The molecule has 1 N–H and O–H groups in total. The highest BCUT2D eigenvalue weighted by Crippen LogP contribution is 2.32. The van der Waals surface area contributed by atoms with E-state index in [1.165, 1.54) is 5.56 Å². The largest absolute Gasteiger partial charge is 0.370 e. The Hall–Kier alpha value is -1.32. The van der Waals surface area contributed by atoms with Crippen LogP contribution in [0.5, 0.6) is 0 Å². The number of hydrogen-bond acceptors (Lipinski definition) is 4. The molecule has 0 fully saturated rings. The molecule has 0 radical (unpaired) electrons. The van der Waals surface area contributed by atoms with E-state index >= 15 is 0 Å². The van der Waals surface area contributed by atoms with Gasteiger partial charge in [-0.1, -0.05) is 34.6 Å². The fourth-order valence-corrected chi connectivity index (χ4v) is 2.47. The first-order chi connectivity index (χ1) is 9.88. The monoisotopic (exact) mass is 292 g/mol. The molecule has 0 saturated carbocycles. The summed E-state index contributed by atoms with van der Waals surface area (Å²) in [5.74, 6) is 3.08. The van der Waals surface area contributed by atoms with E-state index in [9.17, 15) is 0 Å². The van der Waals surface area contributed by atoms with Crippen molar-refractivity contribution in [1.82, 2.24) is 9.97 Å². The molecule has 0 aliphatic carbocycles. The van der Waals surface area contributed by atoms with Crippen LogP contribution in [0.3, 0.4) is 0 Å². The molecule has 21 heavy (non-hydrogen) atoms. The number of rotatable bonds is 8. The van der Waals surface area contributed by atoms with Gasteiger partial charge >= 0.3 is 0 Å². The van der Waals surface area contributed by atoms with Gasteiger partial charge in [0.1, 0.15) is 18.0 Å². The first-order valence-corrected chi connectivity index (χ1v) is 8.23. The summed E-state index contributed by atoms with van der Waals surface area (Å²) in [5.41, 5.74) is 1.24. The maximum atomic E-state index is 4.62. The lowest BCUT2D eigenvalue weighted by atomic mass is 10.0. The molecule has 0 amide bonds. The Morgan fingerprint density at radius 3 is 2.24 bits per heavy atom. The van der Waals surface area contributed by atoms with Crippen molar-refractivity contribution >= 4 is 11.6 Å². The molecule has 120 valence electrons. The highest BCUT2D eigenvalue weighted by molar-refractivity contribution is 5.60. The van der Waals surface area contributed by atoms with Crippen molar-refractivity contribution in [3.05, 3.63) is 11.9 Å². The van der Waals surface area contributed by atoms with Gasteiger partial charge in [-0.15, -0.1) is 0 Å². The summed E-state index contributed by atoms with van der Waals surface area (Å²) < 4.78 is 0. The molecule has 1 aromatic rings. The maximum Gasteiger partial charge on any atom is 0.137 e. The van der Waals surface area contributed by atoms with Crippen molar-refractivity contribution in [2.45, 2.75) is 66.8 Å². The second-order valence-electron chi connectivity index (χ2n) is 6.68. The summed E-state index contributed by atoms with van der Waals surface area (Å²) >= 11 is 0. The van der Waals surface area contributed by atoms with E-state index < -0.39 is 0 Å². The van der Waals surface area contributed by atoms with Gasteiger partial charge in [0, 0.05) is 24.7 Å². The quantitative estimate of drug-likeness (QED) is 0.776. The molecular formula is C17H32N4. The van der Waals surface area contributed by atoms with Crippen LogP contribution in [0.15, 0.2) is 6.33 Å². The van der Waals surface area contributed by atoms with Crippen molar-refractivity contribution in [3.8, 4) is 0 Å². The van der Waals surface area contributed by atoms with Crippen molar-refractivity contribution in [1.29, 1.82) is 0 Å². The first-order valence-electron chi connectivity index (χ1n) is 8.23. The lowest BCUT2D eigenvalue weighted by Gasteiger charge is -2.32. The zero-order valence-electron chi connectivity index (χ0n) is 14.8. The van der Waals surface area contributed by atoms with Crippen LogP contribution in [0.4, 0.5) is 11.6 Å². The molecule has 0 saturated heterocycles. The second-order valence-corrected chi connectivity index (χ2v) is 6.68. The third kappa shape index (κ3) is 4.87. The Labute approximate surface area is 130 Å². The van der Waals surface area contributed by atoms with Gasteiger partial charge in [-0.05, 0) is 32.1 Å². The van der Waals surface area contributed by atoms with Gasteiger partial charge < -0.3 is 10.2 Å². The zero-order valence-corrected chi connectivity index (χ0v) is 14.8. The summed E-state index contributed by atoms with van der Waals surface area (Å²) in [6.45, 7) is 17.5. The van der Waals surface area contributed by atoms with Crippen LogP contribution < -0.4 is 10.2 Å². The summed E-state index contributed by atoms with van der Waals surface area (Å²) in [5, 5.41) is 3.45. The number of hydrogen-bond donors (Lipinski definition) is 1. The first kappa shape index (κ1) is 17.7. The van der Waals surface area contributed by atoms with Crippen LogP contribution in [0, 0.1) is 5.92 Å². The van der Waals surface area contributed by atoms with Crippen molar-refractivity contribution in [2.75, 3.05) is 23.3 Å². The fraction of sp³-hybridized carbons (Fsp3) is 0.765. The van der Waals surface area contributed by atoms with Gasteiger partial charge in [0.15, 0.2) is 0 Å². The summed E-state index contributed by atoms with van der Waals surface area (Å²) in [7, 11) is 0. The van der Waals surface area contributed by atoms with Gasteiger partial charge in [0.05, 0.1) is 0 Å².